The van der Waals surface area contributed by atoms with Crippen LogP contribution in [-0.2, 0) is 6.18 Å². The molecule has 1 aliphatic rings. The number of fused-ring (bicyclic) bond motifs is 1. The number of rotatable bonds is 2. The molecule has 27 heavy (non-hydrogen) atoms. The number of nitrogens with zero attached hydrogens (tertiary/aromatic N) is 7. The van der Waals surface area contributed by atoms with E-state index in [4.69, 9.17) is 0 Å². The van der Waals surface area contributed by atoms with Crippen LogP contribution in [0.2, 0.25) is 0 Å². The number of anilines is 2. The number of pyridine rings is 1. The lowest BCUT2D eigenvalue weighted by Crippen LogP contribution is -2.47. The molecule has 1 saturated heterocycles. The van der Waals surface area contributed by atoms with Gasteiger partial charge in [-0.2, -0.15) is 22.7 Å². The lowest BCUT2D eigenvalue weighted by molar-refractivity contribution is -0.144. The average Bonchev–Trinajstić information content (AvgIpc) is 3.05. The van der Waals surface area contributed by atoms with E-state index in [9.17, 15) is 13.2 Å². The molecule has 1 aliphatic heterocycles. The fraction of sp³-hybridized carbons (Fsp3) is 0.412. The average molecular weight is 377 g/mol. The fourth-order valence-electron chi connectivity index (χ4n) is 3.18. The molecule has 10 heteroatoms. The molecule has 0 saturated carbocycles. The molecule has 0 atom stereocenters. The van der Waals surface area contributed by atoms with Crippen molar-refractivity contribution in [2.75, 3.05) is 36.0 Å². The number of halogens is 3. The van der Waals surface area contributed by atoms with Crippen LogP contribution in [0.25, 0.3) is 5.78 Å². The summed E-state index contributed by atoms with van der Waals surface area (Å²) in [6.45, 7) is 6.36. The van der Waals surface area contributed by atoms with Crippen molar-refractivity contribution < 1.29 is 13.2 Å². The lowest BCUT2D eigenvalue weighted by Gasteiger charge is -2.36. The van der Waals surface area contributed by atoms with E-state index < -0.39 is 12.0 Å². The first-order valence-electron chi connectivity index (χ1n) is 8.56. The predicted molar refractivity (Wildman–Crippen MR) is 93.9 cm³/mol. The lowest BCUT2D eigenvalue weighted by atomic mass is 10.2. The molecule has 0 unspecified atom stereocenters. The Morgan fingerprint density at radius 2 is 1.59 bits per heavy atom. The van der Waals surface area contributed by atoms with E-state index in [0.717, 1.165) is 11.5 Å². The van der Waals surface area contributed by atoms with Crippen LogP contribution in [0, 0.1) is 13.8 Å². The Morgan fingerprint density at radius 3 is 2.26 bits per heavy atom. The van der Waals surface area contributed by atoms with Gasteiger partial charge in [-0.15, -0.1) is 5.10 Å². The molecule has 3 aromatic rings. The fourth-order valence-corrected chi connectivity index (χ4v) is 3.18. The molecule has 4 heterocycles. The largest absolute Gasteiger partial charge is 0.453 e. The highest BCUT2D eigenvalue weighted by atomic mass is 19.4. The van der Waals surface area contributed by atoms with Gasteiger partial charge in [0.15, 0.2) is 0 Å². The van der Waals surface area contributed by atoms with E-state index in [1.807, 2.05) is 30.0 Å². The number of hydrogen-bond acceptors (Lipinski definition) is 6. The summed E-state index contributed by atoms with van der Waals surface area (Å²) in [5, 5.41) is 3.64. The smallest absolute Gasteiger partial charge is 0.353 e. The molecule has 0 amide bonds. The highest BCUT2D eigenvalue weighted by molar-refractivity contribution is 5.50. The second-order valence-corrected chi connectivity index (χ2v) is 6.51. The van der Waals surface area contributed by atoms with Gasteiger partial charge in [-0.25, -0.2) is 9.97 Å². The standard InChI is InChI=1S/C17H18F3N7/c1-11-4-3-5-13(21-11)25-6-8-26(9-7-25)14-10-12(2)22-16-23-15(17(18,19)20)24-27(14)16/h3-5,10H,6-9H2,1-2H3. The van der Waals surface area contributed by atoms with E-state index in [0.29, 0.717) is 37.7 Å². The van der Waals surface area contributed by atoms with Gasteiger partial charge in [0.05, 0.1) is 0 Å². The zero-order valence-electron chi connectivity index (χ0n) is 14.9. The predicted octanol–water partition coefficient (Wildman–Crippen LogP) is 2.48. The Labute approximate surface area is 153 Å². The van der Waals surface area contributed by atoms with Gasteiger partial charge in [-0.05, 0) is 26.0 Å². The maximum Gasteiger partial charge on any atom is 0.453 e. The summed E-state index contributed by atoms with van der Waals surface area (Å²) in [5.41, 5.74) is 1.55. The van der Waals surface area contributed by atoms with Gasteiger partial charge in [0.25, 0.3) is 11.6 Å². The summed E-state index contributed by atoms with van der Waals surface area (Å²) in [6, 6.07) is 7.61. The Hall–Kier alpha value is -2.91. The molecule has 0 spiro atoms. The van der Waals surface area contributed by atoms with Gasteiger partial charge in [-0.3, -0.25) is 0 Å². The number of alkyl halides is 3. The maximum atomic E-state index is 13.0. The summed E-state index contributed by atoms with van der Waals surface area (Å²) in [7, 11) is 0. The SMILES string of the molecule is Cc1cccc(N2CCN(c3cc(C)nc4nc(C(F)(F)F)nn34)CC2)n1. The molecule has 0 radical (unpaired) electrons. The molecule has 1 fully saturated rings. The minimum absolute atomic E-state index is 0.0416. The molecule has 3 aromatic heterocycles. The molecule has 142 valence electrons. The number of piperazine rings is 1. The third-order valence-electron chi connectivity index (χ3n) is 4.48. The van der Waals surface area contributed by atoms with Gasteiger partial charge >= 0.3 is 6.18 Å². The van der Waals surface area contributed by atoms with Crippen LogP contribution in [0.3, 0.4) is 0 Å². The van der Waals surface area contributed by atoms with Crippen molar-refractivity contribution in [3.05, 3.63) is 41.5 Å². The molecular weight excluding hydrogens is 359 g/mol. The third-order valence-corrected chi connectivity index (χ3v) is 4.48. The first kappa shape index (κ1) is 17.5. The minimum atomic E-state index is -4.60. The van der Waals surface area contributed by atoms with Crippen molar-refractivity contribution >= 4 is 17.4 Å². The summed E-state index contributed by atoms with van der Waals surface area (Å²) in [6.07, 6.45) is -4.60. The Balaban J connectivity index is 1.61. The summed E-state index contributed by atoms with van der Waals surface area (Å²) in [5.74, 6) is 0.257. The van der Waals surface area contributed by atoms with Gasteiger partial charge in [0.2, 0.25) is 0 Å². The van der Waals surface area contributed by atoms with Crippen LogP contribution >= 0.6 is 0 Å². The van der Waals surface area contributed by atoms with Crippen molar-refractivity contribution in [1.82, 2.24) is 24.6 Å². The molecule has 7 nitrogen and oxygen atoms in total. The molecule has 0 bridgehead atoms. The van der Waals surface area contributed by atoms with Crippen molar-refractivity contribution in [2.45, 2.75) is 20.0 Å². The van der Waals surface area contributed by atoms with E-state index in [2.05, 4.69) is 25.0 Å². The van der Waals surface area contributed by atoms with Crippen LogP contribution in [0.5, 0.6) is 0 Å². The van der Waals surface area contributed by atoms with E-state index in [-0.39, 0.29) is 5.78 Å². The summed E-state index contributed by atoms with van der Waals surface area (Å²) >= 11 is 0. The Morgan fingerprint density at radius 1 is 0.889 bits per heavy atom. The highest BCUT2D eigenvalue weighted by Gasteiger charge is 2.37. The number of aryl methyl sites for hydroxylation is 2. The van der Waals surface area contributed by atoms with Crippen LogP contribution in [0.1, 0.15) is 17.2 Å². The quantitative estimate of drug-likeness (QED) is 0.684. The first-order chi connectivity index (χ1) is 12.8. The summed E-state index contributed by atoms with van der Waals surface area (Å²) < 4.78 is 40.1. The molecular formula is C17H18F3N7. The van der Waals surface area contributed by atoms with Crippen molar-refractivity contribution in [2.24, 2.45) is 0 Å². The number of aromatic nitrogens is 5. The Kier molecular flexibility index (Phi) is 4.12. The zero-order valence-corrected chi connectivity index (χ0v) is 14.9. The molecule has 4 rings (SSSR count). The first-order valence-corrected chi connectivity index (χ1v) is 8.56. The van der Waals surface area contributed by atoms with Crippen molar-refractivity contribution in [1.29, 1.82) is 0 Å². The van der Waals surface area contributed by atoms with Crippen molar-refractivity contribution in [3.8, 4) is 0 Å². The van der Waals surface area contributed by atoms with Gasteiger partial charge in [-0.1, -0.05) is 6.07 Å². The zero-order chi connectivity index (χ0) is 19.2. The maximum absolute atomic E-state index is 13.0. The van der Waals surface area contributed by atoms with Gasteiger partial charge < -0.3 is 9.80 Å². The van der Waals surface area contributed by atoms with Crippen LogP contribution < -0.4 is 9.80 Å². The second kappa shape index (κ2) is 6.36. The van der Waals surface area contributed by atoms with Crippen LogP contribution in [0.15, 0.2) is 24.3 Å². The van der Waals surface area contributed by atoms with Crippen LogP contribution in [0.4, 0.5) is 24.8 Å². The highest BCUT2D eigenvalue weighted by Crippen LogP contribution is 2.28. The number of hydrogen-bond donors (Lipinski definition) is 0. The van der Waals surface area contributed by atoms with Gasteiger partial charge in [0.1, 0.15) is 11.6 Å². The minimum Gasteiger partial charge on any atom is -0.353 e. The van der Waals surface area contributed by atoms with Crippen molar-refractivity contribution in [3.63, 3.8) is 0 Å². The van der Waals surface area contributed by atoms with E-state index >= 15 is 0 Å². The topological polar surface area (TPSA) is 62.5 Å². The molecule has 0 N–H and O–H groups in total. The molecule has 0 aliphatic carbocycles. The van der Waals surface area contributed by atoms with E-state index in [1.54, 1.807) is 13.0 Å². The van der Waals surface area contributed by atoms with Gasteiger partial charge in [0, 0.05) is 43.6 Å². The molecule has 0 aromatic carbocycles. The summed E-state index contributed by atoms with van der Waals surface area (Å²) in [4.78, 5) is 16.3. The normalized spacial score (nSPS) is 15.6. The monoisotopic (exact) mass is 377 g/mol. The Bertz CT molecular complexity index is 974. The second-order valence-electron chi connectivity index (χ2n) is 6.51. The third kappa shape index (κ3) is 3.38. The van der Waals surface area contributed by atoms with E-state index in [1.165, 1.54) is 4.52 Å². The van der Waals surface area contributed by atoms with Crippen LogP contribution in [-0.4, -0.2) is 50.7 Å².